The summed E-state index contributed by atoms with van der Waals surface area (Å²) in [5, 5.41) is 3.78. The quantitative estimate of drug-likeness (QED) is 0.760. The molecule has 0 aromatic carbocycles. The van der Waals surface area contributed by atoms with Gasteiger partial charge in [0, 0.05) is 18.6 Å². The van der Waals surface area contributed by atoms with Crippen LogP contribution < -0.4 is 5.32 Å². The third kappa shape index (κ3) is 3.98. The van der Waals surface area contributed by atoms with E-state index in [1.807, 2.05) is 0 Å². The molecule has 0 heterocycles. The van der Waals surface area contributed by atoms with E-state index in [0.29, 0.717) is 0 Å². The first-order chi connectivity index (χ1) is 9.65. The Balaban J connectivity index is 1.99. The monoisotopic (exact) mass is 280 g/mol. The molecule has 0 radical (unpaired) electrons. The molecule has 0 bridgehead atoms. The number of hydrogen-bond acceptors (Lipinski definition) is 2. The molecule has 0 saturated heterocycles. The Hall–Kier alpha value is -0.0800. The van der Waals surface area contributed by atoms with E-state index in [4.69, 9.17) is 0 Å². The second-order valence-electron chi connectivity index (χ2n) is 7.43. The molecule has 118 valence electrons. The van der Waals surface area contributed by atoms with Crippen molar-refractivity contribution in [3.05, 3.63) is 0 Å². The Morgan fingerprint density at radius 1 is 1.10 bits per heavy atom. The molecule has 0 aromatic heterocycles. The SMILES string of the molecule is CCNC1CCC(C(C)C)CC1N(CC)CC1CCC1. The lowest BCUT2D eigenvalue weighted by atomic mass is 9.75. The summed E-state index contributed by atoms with van der Waals surface area (Å²) in [6.07, 6.45) is 8.63. The summed E-state index contributed by atoms with van der Waals surface area (Å²) >= 11 is 0. The molecule has 3 unspecified atom stereocenters. The standard InChI is InChI=1S/C18H36N2/c1-5-19-17-11-10-16(14(3)4)12-18(17)20(6-2)13-15-8-7-9-15/h14-19H,5-13H2,1-4H3. The third-order valence-corrected chi connectivity index (χ3v) is 5.86. The first-order valence-electron chi connectivity index (χ1n) is 9.13. The van der Waals surface area contributed by atoms with Crippen LogP contribution in [0.15, 0.2) is 0 Å². The molecule has 2 aliphatic rings. The highest BCUT2D eigenvalue weighted by molar-refractivity contribution is 4.92. The predicted octanol–water partition coefficient (Wildman–Crippen LogP) is 3.91. The highest BCUT2D eigenvalue weighted by Gasteiger charge is 2.35. The Morgan fingerprint density at radius 2 is 1.85 bits per heavy atom. The minimum atomic E-state index is 0.732. The first kappa shape index (κ1) is 16.3. The van der Waals surface area contributed by atoms with Crippen LogP contribution in [0.5, 0.6) is 0 Å². The van der Waals surface area contributed by atoms with Crippen LogP contribution in [0.25, 0.3) is 0 Å². The van der Waals surface area contributed by atoms with Crippen molar-refractivity contribution in [1.82, 2.24) is 10.2 Å². The lowest BCUT2D eigenvalue weighted by Gasteiger charge is -2.45. The van der Waals surface area contributed by atoms with Gasteiger partial charge >= 0.3 is 0 Å². The molecule has 2 nitrogen and oxygen atoms in total. The number of nitrogens with zero attached hydrogens (tertiary/aromatic N) is 1. The maximum atomic E-state index is 3.78. The van der Waals surface area contributed by atoms with Crippen LogP contribution in [0, 0.1) is 17.8 Å². The van der Waals surface area contributed by atoms with Crippen molar-refractivity contribution in [2.24, 2.45) is 17.8 Å². The van der Waals surface area contributed by atoms with Gasteiger partial charge in [-0.15, -0.1) is 0 Å². The van der Waals surface area contributed by atoms with Gasteiger partial charge in [0.15, 0.2) is 0 Å². The van der Waals surface area contributed by atoms with E-state index in [1.165, 1.54) is 51.6 Å². The van der Waals surface area contributed by atoms with Crippen molar-refractivity contribution in [1.29, 1.82) is 0 Å². The third-order valence-electron chi connectivity index (χ3n) is 5.86. The number of hydrogen-bond donors (Lipinski definition) is 1. The van der Waals surface area contributed by atoms with E-state index in [9.17, 15) is 0 Å². The molecular formula is C18H36N2. The van der Waals surface area contributed by atoms with E-state index in [0.717, 1.165) is 36.4 Å². The summed E-state index contributed by atoms with van der Waals surface area (Å²) in [5.41, 5.74) is 0. The van der Waals surface area contributed by atoms with E-state index in [-0.39, 0.29) is 0 Å². The van der Waals surface area contributed by atoms with Gasteiger partial charge in [-0.25, -0.2) is 0 Å². The highest BCUT2D eigenvalue weighted by atomic mass is 15.2. The predicted molar refractivity (Wildman–Crippen MR) is 88.0 cm³/mol. The van der Waals surface area contributed by atoms with Crippen molar-refractivity contribution < 1.29 is 0 Å². The van der Waals surface area contributed by atoms with Crippen molar-refractivity contribution in [2.45, 2.75) is 78.3 Å². The molecule has 3 atom stereocenters. The molecule has 0 spiro atoms. The maximum absolute atomic E-state index is 3.78. The molecule has 1 N–H and O–H groups in total. The van der Waals surface area contributed by atoms with Crippen LogP contribution in [-0.4, -0.2) is 36.6 Å². The number of nitrogens with one attached hydrogen (secondary N) is 1. The summed E-state index contributed by atoms with van der Waals surface area (Å²) in [6.45, 7) is 13.2. The van der Waals surface area contributed by atoms with Gasteiger partial charge in [-0.2, -0.15) is 0 Å². The summed E-state index contributed by atoms with van der Waals surface area (Å²) in [7, 11) is 0. The fraction of sp³-hybridized carbons (Fsp3) is 1.00. The van der Waals surface area contributed by atoms with Crippen molar-refractivity contribution in [3.8, 4) is 0 Å². The van der Waals surface area contributed by atoms with Gasteiger partial charge in [-0.3, -0.25) is 4.90 Å². The van der Waals surface area contributed by atoms with Crippen molar-refractivity contribution in [3.63, 3.8) is 0 Å². The van der Waals surface area contributed by atoms with Crippen molar-refractivity contribution >= 4 is 0 Å². The summed E-state index contributed by atoms with van der Waals surface area (Å²) in [6, 6.07) is 1.51. The zero-order chi connectivity index (χ0) is 14.5. The van der Waals surface area contributed by atoms with E-state index in [1.54, 1.807) is 0 Å². The molecule has 20 heavy (non-hydrogen) atoms. The van der Waals surface area contributed by atoms with E-state index < -0.39 is 0 Å². The van der Waals surface area contributed by atoms with Gasteiger partial charge < -0.3 is 5.32 Å². The number of likely N-dealkylation sites (N-methyl/N-ethyl adjacent to an activating group) is 2. The molecule has 2 saturated carbocycles. The molecule has 0 aromatic rings. The minimum absolute atomic E-state index is 0.732. The largest absolute Gasteiger partial charge is 0.313 e. The molecule has 2 fully saturated rings. The fourth-order valence-corrected chi connectivity index (χ4v) is 4.19. The lowest BCUT2D eigenvalue weighted by Crippen LogP contribution is -2.55. The van der Waals surface area contributed by atoms with Crippen molar-refractivity contribution in [2.75, 3.05) is 19.6 Å². The zero-order valence-corrected chi connectivity index (χ0v) is 14.2. The van der Waals surface area contributed by atoms with Gasteiger partial charge in [0.1, 0.15) is 0 Å². The topological polar surface area (TPSA) is 15.3 Å². The average Bonchev–Trinajstić information content (AvgIpc) is 2.39. The lowest BCUT2D eigenvalue weighted by molar-refractivity contribution is 0.0624. The normalized spacial score (nSPS) is 31.8. The highest BCUT2D eigenvalue weighted by Crippen LogP contribution is 2.35. The van der Waals surface area contributed by atoms with Gasteiger partial charge in [-0.05, 0) is 62.9 Å². The molecule has 2 rings (SSSR count). The first-order valence-corrected chi connectivity index (χ1v) is 9.13. The van der Waals surface area contributed by atoms with Crippen LogP contribution in [-0.2, 0) is 0 Å². The maximum Gasteiger partial charge on any atom is 0.0252 e. The Kier molecular flexibility index (Phi) is 6.35. The molecule has 0 aliphatic heterocycles. The van der Waals surface area contributed by atoms with E-state index in [2.05, 4.69) is 37.9 Å². The van der Waals surface area contributed by atoms with Gasteiger partial charge in [-0.1, -0.05) is 34.1 Å². The zero-order valence-electron chi connectivity index (χ0n) is 14.2. The van der Waals surface area contributed by atoms with Gasteiger partial charge in [0.25, 0.3) is 0 Å². The van der Waals surface area contributed by atoms with Gasteiger partial charge in [0.05, 0.1) is 0 Å². The second-order valence-corrected chi connectivity index (χ2v) is 7.43. The minimum Gasteiger partial charge on any atom is -0.313 e. The van der Waals surface area contributed by atoms with Crippen LogP contribution >= 0.6 is 0 Å². The summed E-state index contributed by atoms with van der Waals surface area (Å²) < 4.78 is 0. The average molecular weight is 280 g/mol. The van der Waals surface area contributed by atoms with Gasteiger partial charge in [0.2, 0.25) is 0 Å². The molecule has 2 aliphatic carbocycles. The summed E-state index contributed by atoms with van der Waals surface area (Å²) in [4.78, 5) is 2.81. The fourth-order valence-electron chi connectivity index (χ4n) is 4.19. The smallest absolute Gasteiger partial charge is 0.0252 e. The van der Waals surface area contributed by atoms with Crippen LogP contribution in [0.2, 0.25) is 0 Å². The molecule has 0 amide bonds. The number of rotatable bonds is 7. The summed E-state index contributed by atoms with van der Waals surface area (Å²) in [5.74, 6) is 2.78. The van der Waals surface area contributed by atoms with E-state index >= 15 is 0 Å². The van der Waals surface area contributed by atoms with Crippen LogP contribution in [0.3, 0.4) is 0 Å². The molecule has 2 heteroatoms. The Labute approximate surface area is 126 Å². The van der Waals surface area contributed by atoms with Crippen LogP contribution in [0.4, 0.5) is 0 Å². The second kappa shape index (κ2) is 7.79. The van der Waals surface area contributed by atoms with Crippen LogP contribution in [0.1, 0.15) is 66.2 Å². The Bertz CT molecular complexity index is 273. The molecular weight excluding hydrogens is 244 g/mol. The Morgan fingerprint density at radius 3 is 2.35 bits per heavy atom.